The number of nitrogens with zero attached hydrogens (tertiary/aromatic N) is 2. The summed E-state index contributed by atoms with van der Waals surface area (Å²) >= 11 is 0. The molecule has 1 heterocycles. The quantitative estimate of drug-likeness (QED) is 0.700. The maximum atomic E-state index is 8.76. The number of nitrogens with one attached hydrogen (secondary N) is 1. The van der Waals surface area contributed by atoms with Gasteiger partial charge in [0.25, 0.3) is 0 Å². The molecule has 0 atom stereocenters. The minimum atomic E-state index is 0.246. The second-order valence-corrected chi connectivity index (χ2v) is 3.12. The fourth-order valence-electron chi connectivity index (χ4n) is 1.33. The molecule has 1 aromatic heterocycles. The van der Waals surface area contributed by atoms with E-state index in [0.717, 1.165) is 11.1 Å². The Kier molecular flexibility index (Phi) is 2.34. The van der Waals surface area contributed by atoms with E-state index in [1.165, 1.54) is 0 Å². The van der Waals surface area contributed by atoms with Crippen molar-refractivity contribution in [3.05, 3.63) is 48.2 Å². The number of nitriles is 1. The van der Waals surface area contributed by atoms with Crippen LogP contribution in [-0.4, -0.2) is 4.98 Å². The third-order valence-electron chi connectivity index (χ3n) is 2.09. The summed E-state index contributed by atoms with van der Waals surface area (Å²) in [6.07, 6.45) is 1.64. The fourth-order valence-corrected chi connectivity index (χ4v) is 1.33. The number of hydrogen-bond donors (Lipinski definition) is 0. The lowest BCUT2D eigenvalue weighted by molar-refractivity contribution is 1.25. The maximum Gasteiger partial charge on any atom is 0.144 e. The molecule has 0 aliphatic heterocycles. The molecule has 15 heavy (non-hydrogen) atoms. The Hall–Kier alpha value is -2.34. The van der Waals surface area contributed by atoms with E-state index in [1.54, 1.807) is 24.4 Å². The molecule has 0 bridgehead atoms. The lowest BCUT2D eigenvalue weighted by Crippen LogP contribution is -1.82. The van der Waals surface area contributed by atoms with E-state index < -0.39 is 0 Å². The van der Waals surface area contributed by atoms with Crippen LogP contribution in [0.15, 0.2) is 42.6 Å². The van der Waals surface area contributed by atoms with E-state index in [4.69, 9.17) is 11.0 Å². The highest BCUT2D eigenvalue weighted by Gasteiger charge is 1.99. The van der Waals surface area contributed by atoms with Crippen LogP contribution in [0, 0.1) is 11.3 Å². The Labute approximate surface area is 87.8 Å². The van der Waals surface area contributed by atoms with Crippen LogP contribution < -0.4 is 5.73 Å². The molecule has 1 aromatic carbocycles. The van der Waals surface area contributed by atoms with Crippen molar-refractivity contribution in [2.45, 2.75) is 0 Å². The zero-order valence-corrected chi connectivity index (χ0v) is 7.94. The SMILES string of the molecule is N#Cc1cccc(-c2ccc([NH])nc2)c1. The largest absolute Gasteiger partial charge is 0.283 e. The minimum absolute atomic E-state index is 0.246. The molecule has 0 amide bonds. The van der Waals surface area contributed by atoms with Gasteiger partial charge in [-0.15, -0.1) is 0 Å². The molecule has 1 radical (unpaired) electrons. The van der Waals surface area contributed by atoms with Crippen LogP contribution in [0.25, 0.3) is 11.1 Å². The summed E-state index contributed by atoms with van der Waals surface area (Å²) in [6.45, 7) is 0. The summed E-state index contributed by atoms with van der Waals surface area (Å²) in [5, 5.41) is 8.76. The van der Waals surface area contributed by atoms with Gasteiger partial charge in [-0.05, 0) is 29.8 Å². The first-order chi connectivity index (χ1) is 7.29. The van der Waals surface area contributed by atoms with E-state index in [0.29, 0.717) is 5.56 Å². The highest BCUT2D eigenvalue weighted by Crippen LogP contribution is 2.19. The number of aromatic nitrogens is 1. The predicted octanol–water partition coefficient (Wildman–Crippen LogP) is 2.53. The van der Waals surface area contributed by atoms with Crippen molar-refractivity contribution in [1.82, 2.24) is 10.7 Å². The van der Waals surface area contributed by atoms with Gasteiger partial charge in [0.15, 0.2) is 0 Å². The van der Waals surface area contributed by atoms with Crippen molar-refractivity contribution in [3.63, 3.8) is 0 Å². The summed E-state index contributed by atoms with van der Waals surface area (Å²) < 4.78 is 0. The highest BCUT2D eigenvalue weighted by atomic mass is 14.8. The monoisotopic (exact) mass is 194 g/mol. The molecule has 0 unspecified atom stereocenters. The van der Waals surface area contributed by atoms with Crippen molar-refractivity contribution in [2.24, 2.45) is 0 Å². The van der Waals surface area contributed by atoms with E-state index in [-0.39, 0.29) is 5.82 Å². The van der Waals surface area contributed by atoms with Gasteiger partial charge < -0.3 is 0 Å². The third-order valence-corrected chi connectivity index (χ3v) is 2.09. The van der Waals surface area contributed by atoms with E-state index in [2.05, 4.69) is 11.1 Å². The van der Waals surface area contributed by atoms with Gasteiger partial charge in [0.1, 0.15) is 5.82 Å². The van der Waals surface area contributed by atoms with Gasteiger partial charge >= 0.3 is 0 Å². The summed E-state index contributed by atoms with van der Waals surface area (Å²) in [4.78, 5) is 3.89. The zero-order chi connectivity index (χ0) is 10.7. The zero-order valence-electron chi connectivity index (χ0n) is 7.94. The molecule has 3 nitrogen and oxygen atoms in total. The van der Waals surface area contributed by atoms with Gasteiger partial charge in [-0.1, -0.05) is 12.1 Å². The van der Waals surface area contributed by atoms with Crippen molar-refractivity contribution < 1.29 is 0 Å². The predicted molar refractivity (Wildman–Crippen MR) is 57.1 cm³/mol. The van der Waals surface area contributed by atoms with Gasteiger partial charge in [0.05, 0.1) is 11.6 Å². The first-order valence-corrected chi connectivity index (χ1v) is 4.48. The lowest BCUT2D eigenvalue weighted by Gasteiger charge is -2.01. The number of hydrogen-bond acceptors (Lipinski definition) is 2. The summed E-state index contributed by atoms with van der Waals surface area (Å²) in [7, 11) is 0. The van der Waals surface area contributed by atoms with Gasteiger partial charge in [-0.3, -0.25) is 5.73 Å². The molecular weight excluding hydrogens is 186 g/mol. The smallest absolute Gasteiger partial charge is 0.144 e. The molecule has 3 heteroatoms. The van der Waals surface area contributed by atoms with Crippen molar-refractivity contribution in [3.8, 4) is 17.2 Å². The van der Waals surface area contributed by atoms with Crippen LogP contribution in [0.5, 0.6) is 0 Å². The molecule has 0 aliphatic carbocycles. The van der Waals surface area contributed by atoms with Gasteiger partial charge in [0, 0.05) is 11.8 Å². The van der Waals surface area contributed by atoms with Crippen LogP contribution in [-0.2, 0) is 0 Å². The Morgan fingerprint density at radius 2 is 2.00 bits per heavy atom. The van der Waals surface area contributed by atoms with Crippen LogP contribution >= 0.6 is 0 Å². The summed E-state index contributed by atoms with van der Waals surface area (Å²) in [6, 6.07) is 12.9. The first kappa shape index (κ1) is 9.22. The average Bonchev–Trinajstić information content (AvgIpc) is 2.30. The Bertz CT molecular complexity index is 509. The standard InChI is InChI=1S/C12H8N3/c13-7-9-2-1-3-10(6-9)11-4-5-12(14)15-8-11/h1-6,8,14H. The summed E-state index contributed by atoms with van der Waals surface area (Å²) in [5.41, 5.74) is 9.76. The molecule has 0 saturated heterocycles. The molecular formula is C12H8N3. The lowest BCUT2D eigenvalue weighted by atomic mass is 10.1. The molecule has 0 fully saturated rings. The molecule has 71 valence electrons. The van der Waals surface area contributed by atoms with Crippen molar-refractivity contribution in [1.29, 1.82) is 5.26 Å². The Balaban J connectivity index is 2.46. The molecule has 2 aromatic rings. The second kappa shape index (κ2) is 3.81. The van der Waals surface area contributed by atoms with Crippen molar-refractivity contribution >= 4 is 5.82 Å². The van der Waals surface area contributed by atoms with E-state index in [1.807, 2.05) is 18.2 Å². The van der Waals surface area contributed by atoms with Crippen LogP contribution in [0.3, 0.4) is 0 Å². The Morgan fingerprint density at radius 3 is 2.67 bits per heavy atom. The molecule has 0 aliphatic rings. The molecule has 0 spiro atoms. The molecule has 0 saturated carbocycles. The number of rotatable bonds is 1. The van der Waals surface area contributed by atoms with Gasteiger partial charge in [-0.25, -0.2) is 4.98 Å². The van der Waals surface area contributed by atoms with E-state index >= 15 is 0 Å². The first-order valence-electron chi connectivity index (χ1n) is 4.48. The molecule has 1 N–H and O–H groups in total. The summed E-state index contributed by atoms with van der Waals surface area (Å²) in [5.74, 6) is 0.246. The number of pyridine rings is 1. The average molecular weight is 194 g/mol. The minimum Gasteiger partial charge on any atom is -0.283 e. The third kappa shape index (κ3) is 1.94. The van der Waals surface area contributed by atoms with Crippen LogP contribution in [0.1, 0.15) is 5.56 Å². The van der Waals surface area contributed by atoms with Gasteiger partial charge in [0.2, 0.25) is 0 Å². The molecule has 2 rings (SSSR count). The normalized spacial score (nSPS) is 9.53. The highest BCUT2D eigenvalue weighted by molar-refractivity contribution is 5.64. The fraction of sp³-hybridized carbons (Fsp3) is 0. The van der Waals surface area contributed by atoms with Crippen LogP contribution in [0.2, 0.25) is 0 Å². The number of benzene rings is 1. The second-order valence-electron chi connectivity index (χ2n) is 3.12. The van der Waals surface area contributed by atoms with Crippen molar-refractivity contribution in [2.75, 3.05) is 0 Å². The van der Waals surface area contributed by atoms with Crippen LogP contribution in [0.4, 0.5) is 5.82 Å². The van der Waals surface area contributed by atoms with E-state index in [9.17, 15) is 0 Å². The Morgan fingerprint density at radius 1 is 1.13 bits per heavy atom. The van der Waals surface area contributed by atoms with Gasteiger partial charge in [-0.2, -0.15) is 5.26 Å². The maximum absolute atomic E-state index is 8.76. The topological polar surface area (TPSA) is 60.5 Å².